The van der Waals surface area contributed by atoms with Crippen molar-refractivity contribution in [2.45, 2.75) is 6.92 Å². The van der Waals surface area contributed by atoms with Gasteiger partial charge >= 0.3 is 22.7 Å². The van der Waals surface area contributed by atoms with Gasteiger partial charge in [-0.15, -0.1) is 0 Å². The van der Waals surface area contributed by atoms with Crippen LogP contribution in [0.3, 0.4) is 0 Å². The average Bonchev–Trinajstić information content (AvgIpc) is 1.65. The van der Waals surface area contributed by atoms with Crippen molar-refractivity contribution in [1.82, 2.24) is 0 Å². The van der Waals surface area contributed by atoms with Gasteiger partial charge in [0.1, 0.15) is 0 Å². The molecule has 8 heavy (non-hydrogen) atoms. The van der Waals surface area contributed by atoms with Gasteiger partial charge < -0.3 is 4.74 Å². The molecule has 1 radical (unpaired) electrons. The first-order valence-corrected chi connectivity index (χ1v) is 1.92. The number of rotatable bonds is 1. The van der Waals surface area contributed by atoms with Crippen LogP contribution in [-0.4, -0.2) is 13.1 Å². The van der Waals surface area contributed by atoms with Crippen molar-refractivity contribution in [3.05, 3.63) is 12.2 Å². The Balaban J connectivity index is 0. The molecule has 0 spiro atoms. The Morgan fingerprint density at radius 1 is 1.62 bits per heavy atom. The van der Waals surface area contributed by atoms with E-state index in [1.807, 2.05) is 0 Å². The van der Waals surface area contributed by atoms with E-state index >= 15 is 0 Å². The molecule has 3 heteroatoms. The number of hydrogen-bond donors (Lipinski definition) is 0. The van der Waals surface area contributed by atoms with Gasteiger partial charge in [0, 0.05) is 5.57 Å². The first-order valence-electron chi connectivity index (χ1n) is 1.92. The van der Waals surface area contributed by atoms with Crippen LogP contribution < -0.4 is 0 Å². The van der Waals surface area contributed by atoms with Crippen LogP contribution in [0, 0.1) is 0 Å². The molecule has 0 saturated carbocycles. The molecule has 0 rings (SSSR count). The Morgan fingerprint density at radius 2 is 2.00 bits per heavy atom. The van der Waals surface area contributed by atoms with Crippen LogP contribution in [0.15, 0.2) is 12.2 Å². The SMILES string of the molecule is C=C(C)C(=O)OC.[Co+2]. The zero-order valence-corrected chi connectivity index (χ0v) is 5.90. The molecule has 0 aliphatic carbocycles. The molecule has 0 amide bonds. The monoisotopic (exact) mass is 159 g/mol. The largest absolute Gasteiger partial charge is 2.00 e. The summed E-state index contributed by atoms with van der Waals surface area (Å²) in [4.78, 5) is 10.2. The molecule has 47 valence electrons. The van der Waals surface area contributed by atoms with Crippen LogP contribution in [0.4, 0.5) is 0 Å². The summed E-state index contributed by atoms with van der Waals surface area (Å²) in [6, 6.07) is 0. The van der Waals surface area contributed by atoms with Crippen LogP contribution in [-0.2, 0) is 26.3 Å². The van der Waals surface area contributed by atoms with E-state index in [9.17, 15) is 4.79 Å². The van der Waals surface area contributed by atoms with E-state index < -0.39 is 0 Å². The fourth-order valence-electron chi connectivity index (χ4n) is 0.174. The van der Waals surface area contributed by atoms with E-state index in [4.69, 9.17) is 0 Å². The number of carbonyl (C=O) groups excluding carboxylic acids is 1. The first kappa shape index (κ1) is 10.7. The van der Waals surface area contributed by atoms with Crippen molar-refractivity contribution >= 4 is 5.97 Å². The average molecular weight is 159 g/mol. The third-order valence-corrected chi connectivity index (χ3v) is 0.534. The van der Waals surface area contributed by atoms with Crippen LogP contribution in [0.1, 0.15) is 6.92 Å². The Kier molecular flexibility index (Phi) is 6.48. The van der Waals surface area contributed by atoms with Crippen LogP contribution in [0.5, 0.6) is 0 Å². The Bertz CT molecular complexity index is 98.6. The normalized spacial score (nSPS) is 6.75. The molecule has 0 aliphatic heterocycles. The van der Waals surface area contributed by atoms with Crippen LogP contribution >= 0.6 is 0 Å². The minimum Gasteiger partial charge on any atom is -0.466 e. The van der Waals surface area contributed by atoms with Gasteiger partial charge in [0.05, 0.1) is 7.11 Å². The topological polar surface area (TPSA) is 26.3 Å². The molecule has 0 aromatic rings. The predicted octanol–water partition coefficient (Wildman–Crippen LogP) is 0.733. The molecule has 0 fully saturated rings. The van der Waals surface area contributed by atoms with Crippen molar-refractivity contribution in [3.63, 3.8) is 0 Å². The molecule has 0 N–H and O–H groups in total. The standard InChI is InChI=1S/C5H8O2.Co/c1-4(2)5(6)7-3;/h1H2,2-3H3;/q;+2. The maximum Gasteiger partial charge on any atom is 2.00 e. The van der Waals surface area contributed by atoms with E-state index in [0.717, 1.165) is 0 Å². The van der Waals surface area contributed by atoms with Gasteiger partial charge in [-0.2, -0.15) is 0 Å². The second-order valence-corrected chi connectivity index (χ2v) is 1.27. The minimum atomic E-state index is -0.347. The Morgan fingerprint density at radius 3 is 2.00 bits per heavy atom. The summed E-state index contributed by atoms with van der Waals surface area (Å²) >= 11 is 0. The van der Waals surface area contributed by atoms with Crippen molar-refractivity contribution < 1.29 is 26.3 Å². The van der Waals surface area contributed by atoms with Crippen LogP contribution in [0.25, 0.3) is 0 Å². The number of carbonyl (C=O) groups is 1. The molecule has 0 aromatic heterocycles. The zero-order valence-electron chi connectivity index (χ0n) is 4.86. The summed E-state index contributed by atoms with van der Waals surface area (Å²) in [5, 5.41) is 0. The van der Waals surface area contributed by atoms with Crippen molar-refractivity contribution in [2.75, 3.05) is 7.11 Å². The van der Waals surface area contributed by atoms with E-state index in [1.165, 1.54) is 7.11 Å². The number of esters is 1. The van der Waals surface area contributed by atoms with Gasteiger partial charge in [0.15, 0.2) is 0 Å². The van der Waals surface area contributed by atoms with E-state index in [-0.39, 0.29) is 22.7 Å². The third-order valence-electron chi connectivity index (χ3n) is 0.534. The molecule has 0 aromatic carbocycles. The summed E-state index contributed by atoms with van der Waals surface area (Å²) in [5.41, 5.74) is 0.433. The Hall–Kier alpha value is -0.284. The smallest absolute Gasteiger partial charge is 0.466 e. The molecule has 0 aliphatic rings. The van der Waals surface area contributed by atoms with Crippen LogP contribution in [0.2, 0.25) is 0 Å². The maximum absolute atomic E-state index is 10.2. The third kappa shape index (κ3) is 3.89. The molecule has 2 nitrogen and oxygen atoms in total. The molecule has 0 bridgehead atoms. The van der Waals surface area contributed by atoms with E-state index in [1.54, 1.807) is 6.92 Å². The maximum atomic E-state index is 10.2. The summed E-state index contributed by atoms with van der Waals surface area (Å²) in [5.74, 6) is -0.347. The fraction of sp³-hybridized carbons (Fsp3) is 0.400. The van der Waals surface area contributed by atoms with Crippen molar-refractivity contribution in [2.24, 2.45) is 0 Å². The Labute approximate surface area is 59.1 Å². The minimum absolute atomic E-state index is 0. The van der Waals surface area contributed by atoms with Gasteiger partial charge in [-0.25, -0.2) is 4.79 Å². The van der Waals surface area contributed by atoms with Gasteiger partial charge in [-0.1, -0.05) is 6.58 Å². The number of ether oxygens (including phenoxy) is 1. The van der Waals surface area contributed by atoms with Gasteiger partial charge in [-0.05, 0) is 6.92 Å². The first-order chi connectivity index (χ1) is 3.18. The molecular formula is C5H8CoO2+2. The number of methoxy groups -OCH3 is 1. The van der Waals surface area contributed by atoms with Gasteiger partial charge in [0.2, 0.25) is 0 Å². The summed E-state index contributed by atoms with van der Waals surface area (Å²) < 4.78 is 4.27. The van der Waals surface area contributed by atoms with Gasteiger partial charge in [0.25, 0.3) is 0 Å². The molecular weight excluding hydrogens is 151 g/mol. The second-order valence-electron chi connectivity index (χ2n) is 1.27. The summed E-state index contributed by atoms with van der Waals surface area (Å²) in [6.45, 7) is 4.95. The second kappa shape index (κ2) is 4.87. The van der Waals surface area contributed by atoms with Gasteiger partial charge in [-0.3, -0.25) is 0 Å². The molecule has 0 saturated heterocycles. The fourth-order valence-corrected chi connectivity index (χ4v) is 0.174. The zero-order chi connectivity index (χ0) is 5.86. The van der Waals surface area contributed by atoms with Crippen molar-refractivity contribution in [3.8, 4) is 0 Å². The molecule has 0 unspecified atom stereocenters. The molecule has 0 atom stereocenters. The number of hydrogen-bond acceptors (Lipinski definition) is 2. The summed E-state index contributed by atoms with van der Waals surface area (Å²) in [6.07, 6.45) is 0. The molecule has 0 heterocycles. The van der Waals surface area contributed by atoms with E-state index in [0.29, 0.717) is 5.57 Å². The summed E-state index contributed by atoms with van der Waals surface area (Å²) in [7, 11) is 1.33. The van der Waals surface area contributed by atoms with Crippen molar-refractivity contribution in [1.29, 1.82) is 0 Å². The quantitative estimate of drug-likeness (QED) is 0.416. The predicted molar refractivity (Wildman–Crippen MR) is 26.8 cm³/mol. The van der Waals surface area contributed by atoms with E-state index in [2.05, 4.69) is 11.3 Å².